The van der Waals surface area contributed by atoms with E-state index in [0.717, 1.165) is 0 Å². The summed E-state index contributed by atoms with van der Waals surface area (Å²) in [7, 11) is -1.66. The Bertz CT molecular complexity index is 637. The van der Waals surface area contributed by atoms with Gasteiger partial charge in [0.1, 0.15) is 4.90 Å². The molecule has 0 aliphatic carbocycles. The molecule has 8 heteroatoms. The van der Waals surface area contributed by atoms with Crippen LogP contribution in [0.4, 0.5) is 0 Å². The molecule has 1 heterocycles. The summed E-state index contributed by atoms with van der Waals surface area (Å²) in [5, 5.41) is 0.491. The third kappa shape index (κ3) is 3.33. The number of hydrogen-bond acceptors (Lipinski definition) is 3. The highest BCUT2D eigenvalue weighted by atomic mass is 35.5. The third-order valence-corrected chi connectivity index (χ3v) is 6.90. The van der Waals surface area contributed by atoms with Crippen LogP contribution in [0.25, 0.3) is 0 Å². The van der Waals surface area contributed by atoms with Gasteiger partial charge in [-0.15, -0.1) is 11.6 Å². The molecule has 1 aliphatic heterocycles. The van der Waals surface area contributed by atoms with Gasteiger partial charge >= 0.3 is 0 Å². The van der Waals surface area contributed by atoms with Crippen molar-refractivity contribution in [3.05, 3.63) is 27.7 Å². The highest BCUT2D eigenvalue weighted by molar-refractivity contribution is 7.89. The normalized spacial score (nSPS) is 21.7. The summed E-state index contributed by atoms with van der Waals surface area (Å²) < 4.78 is 27.0. The van der Waals surface area contributed by atoms with Crippen molar-refractivity contribution in [2.45, 2.75) is 23.7 Å². The van der Waals surface area contributed by atoms with Crippen molar-refractivity contribution >= 4 is 44.8 Å². The summed E-state index contributed by atoms with van der Waals surface area (Å²) in [5.74, 6) is 0.0696. The first-order valence-corrected chi connectivity index (χ1v) is 9.25. The molecule has 1 atom stereocenters. The van der Waals surface area contributed by atoms with Gasteiger partial charge in [-0.1, -0.05) is 23.2 Å². The van der Waals surface area contributed by atoms with E-state index in [2.05, 4.69) is 4.90 Å². The Hall–Kier alpha value is -0.0400. The lowest BCUT2D eigenvalue weighted by Crippen LogP contribution is -2.51. The van der Waals surface area contributed by atoms with Crippen LogP contribution in [0.15, 0.2) is 17.0 Å². The number of rotatable bonds is 3. The van der Waals surface area contributed by atoms with E-state index in [0.29, 0.717) is 30.2 Å². The predicted molar refractivity (Wildman–Crippen MR) is 86.9 cm³/mol. The van der Waals surface area contributed by atoms with E-state index in [-0.39, 0.29) is 21.8 Å². The zero-order valence-electron chi connectivity index (χ0n) is 11.8. The van der Waals surface area contributed by atoms with Gasteiger partial charge in [0.05, 0.1) is 10.9 Å². The molecule has 0 radical (unpaired) electrons. The molecule has 0 bridgehead atoms. The molecular weight excluding hydrogens is 355 g/mol. The molecule has 0 saturated carbocycles. The quantitative estimate of drug-likeness (QED) is 0.767. The van der Waals surface area contributed by atoms with Gasteiger partial charge in [-0.25, -0.2) is 8.42 Å². The average Bonchev–Trinajstić information content (AvgIpc) is 2.42. The van der Waals surface area contributed by atoms with Crippen LogP contribution >= 0.6 is 34.8 Å². The average molecular weight is 372 g/mol. The summed E-state index contributed by atoms with van der Waals surface area (Å²) in [4.78, 5) is 2.20. The van der Waals surface area contributed by atoms with Crippen molar-refractivity contribution in [3.8, 4) is 0 Å². The van der Waals surface area contributed by atoms with E-state index in [9.17, 15) is 8.42 Å². The maximum absolute atomic E-state index is 12.8. The van der Waals surface area contributed by atoms with E-state index in [4.69, 9.17) is 34.8 Å². The lowest BCUT2D eigenvalue weighted by Gasteiger charge is -2.37. The second-order valence-electron chi connectivity index (χ2n) is 5.16. The second kappa shape index (κ2) is 6.60. The molecule has 21 heavy (non-hydrogen) atoms. The predicted octanol–water partition coefficient (Wildman–Crippen LogP) is 3.06. The first kappa shape index (κ1) is 17.3. The lowest BCUT2D eigenvalue weighted by molar-refractivity contribution is 0.159. The monoisotopic (exact) mass is 370 g/mol. The van der Waals surface area contributed by atoms with Gasteiger partial charge in [0.15, 0.2) is 0 Å². The van der Waals surface area contributed by atoms with Gasteiger partial charge in [-0.3, -0.25) is 0 Å². The molecule has 0 amide bonds. The zero-order chi connectivity index (χ0) is 15.8. The molecule has 1 saturated heterocycles. The van der Waals surface area contributed by atoms with Crippen LogP contribution in [0.3, 0.4) is 0 Å². The molecule has 0 aromatic heterocycles. The molecule has 1 aromatic rings. The van der Waals surface area contributed by atoms with Crippen molar-refractivity contribution in [3.63, 3.8) is 0 Å². The van der Waals surface area contributed by atoms with Crippen LogP contribution in [0, 0.1) is 0 Å². The summed E-state index contributed by atoms with van der Waals surface area (Å²) in [6.45, 7) is 3.57. The van der Waals surface area contributed by atoms with Crippen molar-refractivity contribution in [1.82, 2.24) is 9.21 Å². The van der Waals surface area contributed by atoms with Gasteiger partial charge in [0.25, 0.3) is 0 Å². The summed E-state index contributed by atoms with van der Waals surface area (Å²) in [6.07, 6.45) is 0. The molecular formula is C13H17Cl3N2O2S. The number of nitrogens with zero attached hydrogens (tertiary/aromatic N) is 2. The Labute approximate surface area is 140 Å². The van der Waals surface area contributed by atoms with Crippen LogP contribution in [0.1, 0.15) is 12.5 Å². The largest absolute Gasteiger partial charge is 0.301 e. The summed E-state index contributed by atoms with van der Waals surface area (Å²) in [5.41, 5.74) is 0.447. The molecule has 1 aliphatic rings. The van der Waals surface area contributed by atoms with Crippen LogP contribution in [0.2, 0.25) is 10.0 Å². The van der Waals surface area contributed by atoms with Crippen LogP contribution in [0.5, 0.6) is 0 Å². The number of halogens is 3. The van der Waals surface area contributed by atoms with Gasteiger partial charge in [0, 0.05) is 36.3 Å². The van der Waals surface area contributed by atoms with Gasteiger partial charge < -0.3 is 4.90 Å². The van der Waals surface area contributed by atoms with E-state index >= 15 is 0 Å². The van der Waals surface area contributed by atoms with Crippen LogP contribution < -0.4 is 0 Å². The van der Waals surface area contributed by atoms with Crippen LogP contribution in [-0.2, 0) is 15.9 Å². The van der Waals surface area contributed by atoms with Crippen molar-refractivity contribution in [2.75, 3.05) is 26.7 Å². The fourth-order valence-electron chi connectivity index (χ4n) is 2.27. The number of alkyl halides is 1. The molecule has 1 unspecified atom stereocenters. The fourth-order valence-corrected chi connectivity index (χ4v) is 5.08. The summed E-state index contributed by atoms with van der Waals surface area (Å²) >= 11 is 18.0. The van der Waals surface area contributed by atoms with E-state index < -0.39 is 10.0 Å². The third-order valence-electron chi connectivity index (χ3n) is 3.82. The summed E-state index contributed by atoms with van der Waals surface area (Å²) in [6, 6.07) is 3.13. The molecule has 1 aromatic carbocycles. The zero-order valence-corrected chi connectivity index (χ0v) is 14.9. The first-order chi connectivity index (χ1) is 9.78. The van der Waals surface area contributed by atoms with E-state index in [1.807, 2.05) is 14.0 Å². The van der Waals surface area contributed by atoms with E-state index in [1.165, 1.54) is 16.4 Å². The van der Waals surface area contributed by atoms with Gasteiger partial charge in [-0.05, 0) is 26.1 Å². The Balaban J connectivity index is 2.41. The molecule has 118 valence electrons. The van der Waals surface area contributed by atoms with Gasteiger partial charge in [0.2, 0.25) is 10.0 Å². The standard InChI is InChI=1S/C13H17Cl3N2O2S/c1-9-8-18(6-5-17(9)2)21(19,20)12-4-3-11(15)10(7-14)13(12)16/h3-4,9H,5-8H2,1-2H3. The maximum atomic E-state index is 12.8. The highest BCUT2D eigenvalue weighted by Gasteiger charge is 2.32. The minimum Gasteiger partial charge on any atom is -0.301 e. The molecule has 0 spiro atoms. The number of benzene rings is 1. The van der Waals surface area contributed by atoms with Crippen molar-refractivity contribution in [2.24, 2.45) is 0 Å². The Morgan fingerprint density at radius 1 is 1.29 bits per heavy atom. The fraction of sp³-hybridized carbons (Fsp3) is 0.538. The van der Waals surface area contributed by atoms with Crippen LogP contribution in [-0.4, -0.2) is 50.3 Å². The molecule has 1 fully saturated rings. The number of likely N-dealkylation sites (N-methyl/N-ethyl adjacent to an activating group) is 1. The minimum atomic E-state index is -3.64. The minimum absolute atomic E-state index is 0.0696. The smallest absolute Gasteiger partial charge is 0.244 e. The topological polar surface area (TPSA) is 40.6 Å². The Morgan fingerprint density at radius 2 is 1.95 bits per heavy atom. The SMILES string of the molecule is CC1CN(S(=O)(=O)c2ccc(Cl)c(CCl)c2Cl)CCN1C. The Morgan fingerprint density at radius 3 is 2.52 bits per heavy atom. The number of piperazine rings is 1. The first-order valence-electron chi connectivity index (χ1n) is 6.52. The van der Waals surface area contributed by atoms with Gasteiger partial charge in [-0.2, -0.15) is 4.31 Å². The van der Waals surface area contributed by atoms with Crippen molar-refractivity contribution < 1.29 is 8.42 Å². The number of hydrogen-bond donors (Lipinski definition) is 0. The highest BCUT2D eigenvalue weighted by Crippen LogP contribution is 2.34. The molecule has 0 N–H and O–H groups in total. The van der Waals surface area contributed by atoms with Crippen molar-refractivity contribution in [1.29, 1.82) is 0 Å². The lowest BCUT2D eigenvalue weighted by atomic mass is 10.2. The maximum Gasteiger partial charge on any atom is 0.244 e. The van der Waals surface area contributed by atoms with E-state index in [1.54, 1.807) is 0 Å². The number of sulfonamides is 1. The second-order valence-corrected chi connectivity index (χ2v) is 8.12. The molecule has 2 rings (SSSR count). The molecule has 4 nitrogen and oxygen atoms in total. The Kier molecular flexibility index (Phi) is 5.45.